The molecule has 1 amide bonds. The second-order valence-corrected chi connectivity index (χ2v) is 2.30. The SMILES string of the molecule is O=C(NO)[C@@H]1CCCN1O. The van der Waals surface area contributed by atoms with E-state index < -0.39 is 11.9 Å². The highest BCUT2D eigenvalue weighted by Crippen LogP contribution is 2.13. The van der Waals surface area contributed by atoms with Crippen molar-refractivity contribution >= 4 is 5.91 Å². The molecule has 5 nitrogen and oxygen atoms in total. The van der Waals surface area contributed by atoms with Crippen molar-refractivity contribution in [3.05, 3.63) is 0 Å². The van der Waals surface area contributed by atoms with Gasteiger partial charge in [-0.15, -0.1) is 0 Å². The summed E-state index contributed by atoms with van der Waals surface area (Å²) in [5, 5.41) is 18.1. The van der Waals surface area contributed by atoms with E-state index in [4.69, 9.17) is 10.4 Å². The maximum absolute atomic E-state index is 10.7. The molecule has 1 heterocycles. The third kappa shape index (κ3) is 1.26. The fourth-order valence-electron chi connectivity index (χ4n) is 1.09. The largest absolute Gasteiger partial charge is 0.313 e. The molecule has 0 aliphatic carbocycles. The molecule has 5 heteroatoms. The molecule has 0 aromatic rings. The van der Waals surface area contributed by atoms with E-state index in [0.29, 0.717) is 13.0 Å². The summed E-state index contributed by atoms with van der Waals surface area (Å²) in [7, 11) is 0. The monoisotopic (exact) mass is 146 g/mol. The average molecular weight is 146 g/mol. The van der Waals surface area contributed by atoms with Crippen LogP contribution in [0.15, 0.2) is 0 Å². The molecule has 10 heavy (non-hydrogen) atoms. The van der Waals surface area contributed by atoms with Crippen molar-refractivity contribution in [2.75, 3.05) is 6.54 Å². The third-order valence-corrected chi connectivity index (χ3v) is 1.64. The molecule has 1 aliphatic heterocycles. The summed E-state index contributed by atoms with van der Waals surface area (Å²) in [6.45, 7) is 0.498. The van der Waals surface area contributed by atoms with Crippen molar-refractivity contribution in [2.45, 2.75) is 18.9 Å². The molecule has 0 aromatic heterocycles. The molecule has 0 radical (unpaired) electrons. The average Bonchev–Trinajstić information content (AvgIpc) is 2.34. The Morgan fingerprint density at radius 3 is 2.80 bits per heavy atom. The van der Waals surface area contributed by atoms with Gasteiger partial charge < -0.3 is 5.21 Å². The third-order valence-electron chi connectivity index (χ3n) is 1.64. The van der Waals surface area contributed by atoms with Gasteiger partial charge in [0.05, 0.1) is 0 Å². The molecule has 0 spiro atoms. The second kappa shape index (κ2) is 2.96. The molecule has 1 saturated heterocycles. The lowest BCUT2D eigenvalue weighted by molar-refractivity contribution is -0.152. The second-order valence-electron chi connectivity index (χ2n) is 2.30. The molecule has 58 valence electrons. The first-order valence-corrected chi connectivity index (χ1v) is 3.15. The molecule has 1 atom stereocenters. The normalized spacial score (nSPS) is 26.8. The summed E-state index contributed by atoms with van der Waals surface area (Å²) in [5.41, 5.74) is 1.50. The van der Waals surface area contributed by atoms with E-state index in [1.165, 1.54) is 5.48 Å². The van der Waals surface area contributed by atoms with Crippen LogP contribution in [-0.2, 0) is 4.79 Å². The lowest BCUT2D eigenvalue weighted by atomic mass is 10.2. The minimum atomic E-state index is -0.565. The molecular formula is C5H10N2O3. The number of nitrogens with one attached hydrogen (secondary N) is 1. The molecule has 1 fully saturated rings. The van der Waals surface area contributed by atoms with Gasteiger partial charge in [-0.3, -0.25) is 10.0 Å². The minimum Gasteiger partial charge on any atom is -0.313 e. The molecule has 1 aliphatic rings. The molecule has 0 saturated carbocycles. The lowest BCUT2D eigenvalue weighted by Gasteiger charge is -2.13. The van der Waals surface area contributed by atoms with E-state index in [9.17, 15) is 4.79 Å². The first-order valence-electron chi connectivity index (χ1n) is 3.15. The number of nitrogens with zero attached hydrogens (tertiary/aromatic N) is 1. The first-order chi connectivity index (χ1) is 4.75. The molecule has 0 unspecified atom stereocenters. The van der Waals surface area contributed by atoms with Gasteiger partial charge in [-0.05, 0) is 12.8 Å². The van der Waals surface area contributed by atoms with Crippen molar-refractivity contribution in [3.8, 4) is 0 Å². The van der Waals surface area contributed by atoms with Gasteiger partial charge in [0.25, 0.3) is 5.91 Å². The van der Waals surface area contributed by atoms with Crippen LogP contribution >= 0.6 is 0 Å². The number of carbonyl (C=O) groups excluding carboxylic acids is 1. The highest BCUT2D eigenvalue weighted by Gasteiger charge is 2.28. The summed E-state index contributed by atoms with van der Waals surface area (Å²) in [6, 6.07) is -0.565. The Morgan fingerprint density at radius 2 is 2.40 bits per heavy atom. The van der Waals surface area contributed by atoms with Crippen LogP contribution in [0.4, 0.5) is 0 Å². The number of hydroxylamine groups is 3. The molecule has 0 aromatic carbocycles. The Bertz CT molecular complexity index is 139. The van der Waals surface area contributed by atoms with Crippen molar-refractivity contribution in [1.82, 2.24) is 10.5 Å². The van der Waals surface area contributed by atoms with Gasteiger partial charge in [0.1, 0.15) is 6.04 Å². The van der Waals surface area contributed by atoms with Gasteiger partial charge in [0.15, 0.2) is 0 Å². The van der Waals surface area contributed by atoms with Crippen molar-refractivity contribution < 1.29 is 15.2 Å². The van der Waals surface area contributed by atoms with Crippen LogP contribution in [0.25, 0.3) is 0 Å². The highest BCUT2D eigenvalue weighted by atomic mass is 16.5. The summed E-state index contributed by atoms with van der Waals surface area (Å²) in [6.07, 6.45) is 1.39. The van der Waals surface area contributed by atoms with Gasteiger partial charge in [-0.2, -0.15) is 5.06 Å². The quantitative estimate of drug-likeness (QED) is 0.339. The van der Waals surface area contributed by atoms with E-state index in [2.05, 4.69) is 0 Å². The minimum absolute atomic E-state index is 0.498. The summed E-state index contributed by atoms with van der Waals surface area (Å²) in [4.78, 5) is 10.7. The Labute approximate surface area is 58.2 Å². The number of carbonyl (C=O) groups is 1. The van der Waals surface area contributed by atoms with Gasteiger partial charge >= 0.3 is 0 Å². The molecule has 0 bridgehead atoms. The van der Waals surface area contributed by atoms with Gasteiger partial charge in [0, 0.05) is 6.54 Å². The summed E-state index contributed by atoms with van der Waals surface area (Å²) < 4.78 is 0. The Kier molecular flexibility index (Phi) is 2.21. The molecule has 1 rings (SSSR count). The van der Waals surface area contributed by atoms with Crippen molar-refractivity contribution in [2.24, 2.45) is 0 Å². The topological polar surface area (TPSA) is 72.8 Å². The Hall–Kier alpha value is -0.650. The predicted molar refractivity (Wildman–Crippen MR) is 31.4 cm³/mol. The number of hydrogen-bond donors (Lipinski definition) is 3. The van der Waals surface area contributed by atoms with Gasteiger partial charge in [-0.1, -0.05) is 0 Å². The van der Waals surface area contributed by atoms with Crippen LogP contribution in [0, 0.1) is 0 Å². The maximum atomic E-state index is 10.7. The van der Waals surface area contributed by atoms with E-state index in [1.807, 2.05) is 0 Å². The zero-order chi connectivity index (χ0) is 7.56. The smallest absolute Gasteiger partial charge is 0.263 e. The van der Waals surface area contributed by atoms with Crippen LogP contribution in [0.3, 0.4) is 0 Å². The molecular weight excluding hydrogens is 136 g/mol. The lowest BCUT2D eigenvalue weighted by Crippen LogP contribution is -2.40. The maximum Gasteiger partial charge on any atom is 0.263 e. The summed E-state index contributed by atoms with van der Waals surface area (Å²) >= 11 is 0. The van der Waals surface area contributed by atoms with Gasteiger partial charge in [-0.25, -0.2) is 5.48 Å². The Balaban J connectivity index is 2.46. The van der Waals surface area contributed by atoms with Crippen molar-refractivity contribution in [3.63, 3.8) is 0 Å². The number of hydrogen-bond acceptors (Lipinski definition) is 4. The number of rotatable bonds is 1. The van der Waals surface area contributed by atoms with E-state index >= 15 is 0 Å². The fourth-order valence-corrected chi connectivity index (χ4v) is 1.09. The first kappa shape index (κ1) is 7.46. The van der Waals surface area contributed by atoms with E-state index in [-0.39, 0.29) is 0 Å². The van der Waals surface area contributed by atoms with Gasteiger partial charge in [0.2, 0.25) is 0 Å². The van der Waals surface area contributed by atoms with Crippen LogP contribution in [0.1, 0.15) is 12.8 Å². The number of amides is 1. The molecule has 3 N–H and O–H groups in total. The van der Waals surface area contributed by atoms with Crippen LogP contribution < -0.4 is 5.48 Å². The Morgan fingerprint density at radius 1 is 1.70 bits per heavy atom. The van der Waals surface area contributed by atoms with Crippen molar-refractivity contribution in [1.29, 1.82) is 0 Å². The van der Waals surface area contributed by atoms with E-state index in [0.717, 1.165) is 11.5 Å². The van der Waals surface area contributed by atoms with Crippen LogP contribution in [-0.4, -0.2) is 34.0 Å². The zero-order valence-electron chi connectivity index (χ0n) is 5.45. The van der Waals surface area contributed by atoms with Crippen LogP contribution in [0.2, 0.25) is 0 Å². The standard InChI is InChI=1S/C5H10N2O3/c8-5(6-9)4-2-1-3-7(4)10/h4,9-10H,1-3H2,(H,6,8)/t4-/m0/s1. The fraction of sp³-hybridized carbons (Fsp3) is 0.800. The highest BCUT2D eigenvalue weighted by molar-refractivity contribution is 5.80. The predicted octanol–water partition coefficient (Wildman–Crippen LogP) is -0.655. The zero-order valence-corrected chi connectivity index (χ0v) is 5.45. The summed E-state index contributed by atoms with van der Waals surface area (Å²) in [5.74, 6) is -0.542. The van der Waals surface area contributed by atoms with E-state index in [1.54, 1.807) is 0 Å². The van der Waals surface area contributed by atoms with Crippen LogP contribution in [0.5, 0.6) is 0 Å².